The highest BCUT2D eigenvalue weighted by atomic mass is 31.0. The van der Waals surface area contributed by atoms with Gasteiger partial charge in [0.05, 0.1) is 0 Å². The van der Waals surface area contributed by atoms with Gasteiger partial charge in [0.25, 0.3) is 0 Å². The fourth-order valence-corrected chi connectivity index (χ4v) is 4.59. The third-order valence-corrected chi connectivity index (χ3v) is 6.02. The number of nitrogens with two attached hydrogens (primary N) is 2. The fraction of sp³-hybridized carbons (Fsp3) is 0.0909. The van der Waals surface area contributed by atoms with Crippen LogP contribution in [0.1, 0.15) is 11.1 Å². The van der Waals surface area contributed by atoms with Crippen molar-refractivity contribution in [2.75, 3.05) is 0 Å². The molecule has 0 aromatic heterocycles. The van der Waals surface area contributed by atoms with Crippen LogP contribution in [-0.4, -0.2) is 0 Å². The van der Waals surface area contributed by atoms with Gasteiger partial charge in [-0.1, -0.05) is 60.7 Å². The van der Waals surface area contributed by atoms with Crippen LogP contribution in [0.5, 0.6) is 0 Å². The van der Waals surface area contributed by atoms with E-state index in [-0.39, 0.29) is 0 Å². The van der Waals surface area contributed by atoms with Crippen LogP contribution in [0, 0.1) is 0 Å². The zero-order valence-corrected chi connectivity index (χ0v) is 16.8. The predicted octanol–water partition coefficient (Wildman–Crippen LogP) is 3.58. The fourth-order valence-electron chi connectivity index (χ4n) is 3.79. The second-order valence-electron chi connectivity index (χ2n) is 6.49. The molecule has 0 bridgehead atoms. The summed E-state index contributed by atoms with van der Waals surface area (Å²) in [5, 5.41) is 7.26. The topological polar surface area (TPSA) is 52.0 Å². The maximum atomic E-state index is 5.98. The summed E-state index contributed by atoms with van der Waals surface area (Å²) in [6.07, 6.45) is 0. The zero-order chi connectivity index (χ0) is 18.3. The number of rotatable bonds is 3. The van der Waals surface area contributed by atoms with Gasteiger partial charge in [-0.25, -0.2) is 0 Å². The quantitative estimate of drug-likeness (QED) is 0.537. The van der Waals surface area contributed by atoms with Gasteiger partial charge in [0.1, 0.15) is 0 Å². The molecule has 2 unspecified atom stereocenters. The van der Waals surface area contributed by atoms with Crippen LogP contribution < -0.4 is 22.1 Å². The minimum absolute atomic E-state index is 0.535. The lowest BCUT2D eigenvalue weighted by Gasteiger charge is -2.18. The largest absolute Gasteiger partial charge is 0.326 e. The molecule has 2 nitrogen and oxygen atoms in total. The highest BCUT2D eigenvalue weighted by Gasteiger charge is 2.15. The van der Waals surface area contributed by atoms with Gasteiger partial charge in [0.15, 0.2) is 0 Å². The van der Waals surface area contributed by atoms with Gasteiger partial charge in [0, 0.05) is 13.1 Å². The summed E-state index contributed by atoms with van der Waals surface area (Å²) in [7, 11) is 5.79. The van der Waals surface area contributed by atoms with E-state index >= 15 is 0 Å². The molecule has 4 aromatic carbocycles. The van der Waals surface area contributed by atoms with E-state index in [4.69, 9.17) is 11.5 Å². The van der Waals surface area contributed by atoms with Crippen LogP contribution in [0.4, 0.5) is 0 Å². The van der Waals surface area contributed by atoms with Gasteiger partial charge in [-0.15, -0.1) is 18.5 Å². The summed E-state index contributed by atoms with van der Waals surface area (Å²) >= 11 is 0. The van der Waals surface area contributed by atoms with E-state index in [0.717, 1.165) is 0 Å². The molecule has 0 saturated heterocycles. The minimum Gasteiger partial charge on any atom is -0.326 e. The third kappa shape index (κ3) is 2.75. The van der Waals surface area contributed by atoms with Crippen LogP contribution in [0.3, 0.4) is 0 Å². The lowest BCUT2D eigenvalue weighted by Crippen LogP contribution is -2.08. The van der Waals surface area contributed by atoms with Crippen molar-refractivity contribution in [3.63, 3.8) is 0 Å². The number of hydrogen-bond donors (Lipinski definition) is 2. The Hall–Kier alpha value is -1.82. The molecule has 130 valence electrons. The van der Waals surface area contributed by atoms with Crippen molar-refractivity contribution in [3.8, 4) is 11.1 Å². The first-order valence-corrected chi connectivity index (χ1v) is 9.82. The van der Waals surface area contributed by atoms with Crippen molar-refractivity contribution in [1.82, 2.24) is 0 Å². The molecule has 4 aromatic rings. The number of benzene rings is 4. The number of hydrogen-bond acceptors (Lipinski definition) is 2. The molecule has 0 amide bonds. The van der Waals surface area contributed by atoms with E-state index in [9.17, 15) is 0 Å². The van der Waals surface area contributed by atoms with Gasteiger partial charge in [-0.3, -0.25) is 0 Å². The molecule has 0 aliphatic rings. The number of fused-ring (bicyclic) bond motifs is 2. The summed E-state index contributed by atoms with van der Waals surface area (Å²) in [6.45, 7) is 1.07. The molecular weight excluding hydrogens is 354 g/mol. The van der Waals surface area contributed by atoms with Crippen LogP contribution in [0.25, 0.3) is 32.7 Å². The van der Waals surface area contributed by atoms with E-state index in [1.165, 1.54) is 54.4 Å². The Balaban J connectivity index is 2.18. The standard InChI is InChI=1S/C22H22N2P2/c23-11-13-3-1-5-17-15(13)7-9-19(25)21(17)22-18-6-2-4-14(12-24)16(18)8-10-20(22)26/h1-10H,11-12,23-26H2. The van der Waals surface area contributed by atoms with Gasteiger partial charge < -0.3 is 11.5 Å². The van der Waals surface area contributed by atoms with E-state index in [1.807, 2.05) is 0 Å². The molecule has 0 aliphatic carbocycles. The van der Waals surface area contributed by atoms with Gasteiger partial charge in [-0.2, -0.15) is 0 Å². The van der Waals surface area contributed by atoms with E-state index < -0.39 is 0 Å². The lowest BCUT2D eigenvalue weighted by molar-refractivity contribution is 1.09. The molecule has 4 rings (SSSR count). The predicted molar refractivity (Wildman–Crippen MR) is 121 cm³/mol. The average Bonchev–Trinajstić information content (AvgIpc) is 2.67. The Morgan fingerprint density at radius 2 is 0.962 bits per heavy atom. The first-order valence-electron chi connectivity index (χ1n) is 8.66. The summed E-state index contributed by atoms with van der Waals surface area (Å²) in [5.74, 6) is 0. The second kappa shape index (κ2) is 7.06. The van der Waals surface area contributed by atoms with Gasteiger partial charge in [-0.05, 0) is 54.4 Å². The Morgan fingerprint density at radius 1 is 0.538 bits per heavy atom. The Kier molecular flexibility index (Phi) is 4.78. The van der Waals surface area contributed by atoms with Crippen LogP contribution >= 0.6 is 18.5 Å². The first-order chi connectivity index (χ1) is 12.7. The highest BCUT2D eigenvalue weighted by Crippen LogP contribution is 2.35. The van der Waals surface area contributed by atoms with Gasteiger partial charge in [0.2, 0.25) is 0 Å². The maximum Gasteiger partial charge on any atom is 0.0184 e. The molecule has 0 spiro atoms. The molecule has 0 aliphatic heterocycles. The molecule has 26 heavy (non-hydrogen) atoms. The van der Waals surface area contributed by atoms with Crippen molar-refractivity contribution in [2.24, 2.45) is 11.5 Å². The molecule has 0 fully saturated rings. The van der Waals surface area contributed by atoms with Gasteiger partial charge >= 0.3 is 0 Å². The SMILES string of the molecule is NCc1cccc2c(-c3c(P)ccc4c(CN)cccc34)c(P)ccc12. The normalized spacial score (nSPS) is 11.4. The third-order valence-electron chi connectivity index (χ3n) is 5.06. The average molecular weight is 376 g/mol. The Labute approximate surface area is 158 Å². The van der Waals surface area contributed by atoms with Crippen molar-refractivity contribution in [3.05, 3.63) is 71.8 Å². The summed E-state index contributed by atoms with van der Waals surface area (Å²) in [6, 6.07) is 21.4. The summed E-state index contributed by atoms with van der Waals surface area (Å²) < 4.78 is 0. The summed E-state index contributed by atoms with van der Waals surface area (Å²) in [5.41, 5.74) is 16.8. The molecule has 2 atom stereocenters. The first kappa shape index (κ1) is 17.6. The highest BCUT2D eigenvalue weighted by molar-refractivity contribution is 7.29. The van der Waals surface area contributed by atoms with Crippen molar-refractivity contribution >= 4 is 50.6 Å². The second-order valence-corrected chi connectivity index (χ2v) is 7.74. The minimum atomic E-state index is 0.535. The van der Waals surface area contributed by atoms with Crippen molar-refractivity contribution in [2.45, 2.75) is 13.1 Å². The van der Waals surface area contributed by atoms with Crippen LogP contribution in [0.2, 0.25) is 0 Å². The van der Waals surface area contributed by atoms with Crippen LogP contribution in [0.15, 0.2) is 60.7 Å². The molecule has 4 heteroatoms. The monoisotopic (exact) mass is 376 g/mol. The molecule has 0 radical (unpaired) electrons. The molecule has 0 saturated carbocycles. The van der Waals surface area contributed by atoms with E-state index in [2.05, 4.69) is 79.1 Å². The van der Waals surface area contributed by atoms with Crippen molar-refractivity contribution in [1.29, 1.82) is 0 Å². The maximum absolute atomic E-state index is 5.98. The van der Waals surface area contributed by atoms with Crippen LogP contribution in [-0.2, 0) is 13.1 Å². The Bertz CT molecular complexity index is 1040. The lowest BCUT2D eigenvalue weighted by atomic mass is 9.91. The smallest absolute Gasteiger partial charge is 0.0184 e. The van der Waals surface area contributed by atoms with E-state index in [1.54, 1.807) is 0 Å². The van der Waals surface area contributed by atoms with Crippen molar-refractivity contribution < 1.29 is 0 Å². The molecule has 0 heterocycles. The molecular formula is C22H22N2P2. The Morgan fingerprint density at radius 3 is 1.35 bits per heavy atom. The molecule has 4 N–H and O–H groups in total. The summed E-state index contributed by atoms with van der Waals surface area (Å²) in [4.78, 5) is 0. The van der Waals surface area contributed by atoms with E-state index in [0.29, 0.717) is 13.1 Å². The zero-order valence-electron chi connectivity index (χ0n) is 14.5.